The Bertz CT molecular complexity index is 1190. The molecule has 0 fully saturated rings. The number of alkyl halides is 5. The summed E-state index contributed by atoms with van der Waals surface area (Å²) in [6.07, 6.45) is -3.08. The molecule has 0 saturated heterocycles. The monoisotopic (exact) mass is 502 g/mol. The van der Waals surface area contributed by atoms with Crippen molar-refractivity contribution in [2.45, 2.75) is 17.9 Å². The number of halogens is 7. The van der Waals surface area contributed by atoms with E-state index in [-0.39, 0.29) is 5.56 Å². The third-order valence-electron chi connectivity index (χ3n) is 4.89. The molecule has 0 aliphatic carbocycles. The lowest BCUT2D eigenvalue weighted by Crippen LogP contribution is -2.47. The standard InChI is InChI=1S/C22H17F7N4O2/c23-15-4-7-17(18(24)9-15)20(34,11-31-12-33-30)21(25,26)19-8-3-14(10-32-19)13-1-5-16(6-2-13)35-22(27,28)29/h1-10,12,34H,11,30H2,(H,31,33). The second-order valence-electron chi connectivity index (χ2n) is 7.20. The topological polar surface area (TPSA) is 92.8 Å². The van der Waals surface area contributed by atoms with Gasteiger partial charge in [0, 0.05) is 23.4 Å². The highest BCUT2D eigenvalue weighted by molar-refractivity contribution is 5.63. The molecule has 1 aromatic heterocycles. The Morgan fingerprint density at radius 1 is 0.971 bits per heavy atom. The second kappa shape index (κ2) is 9.88. The number of nitrogens with two attached hydrogens (primary N) is 1. The van der Waals surface area contributed by atoms with Gasteiger partial charge >= 0.3 is 12.3 Å². The number of nitrogens with zero attached hydrogens (tertiary/aromatic N) is 2. The number of ether oxygens (including phenoxy) is 1. The number of pyridine rings is 1. The number of hydrogen-bond acceptors (Lipinski definition) is 5. The Labute approximate surface area is 193 Å². The molecule has 0 spiro atoms. The molecule has 0 aliphatic rings. The van der Waals surface area contributed by atoms with E-state index in [0.29, 0.717) is 23.8 Å². The summed E-state index contributed by atoms with van der Waals surface area (Å²) in [5.41, 5.74) is -2.64. The third kappa shape index (κ3) is 5.69. The summed E-state index contributed by atoms with van der Waals surface area (Å²) in [7, 11) is 0. The number of aliphatic hydroxyl groups is 1. The number of aromatic nitrogens is 1. The van der Waals surface area contributed by atoms with E-state index >= 15 is 8.78 Å². The number of benzene rings is 2. The van der Waals surface area contributed by atoms with E-state index in [4.69, 9.17) is 5.84 Å². The molecule has 3 rings (SSSR count). The highest BCUT2D eigenvalue weighted by Crippen LogP contribution is 2.46. The molecule has 0 bridgehead atoms. The quantitative estimate of drug-likeness (QED) is 0.140. The van der Waals surface area contributed by atoms with Crippen molar-refractivity contribution < 1.29 is 40.6 Å². The average Bonchev–Trinajstić information content (AvgIpc) is 2.78. The molecule has 13 heteroatoms. The lowest BCUT2D eigenvalue weighted by molar-refractivity contribution is -0.274. The van der Waals surface area contributed by atoms with Crippen LogP contribution in [0.2, 0.25) is 0 Å². The van der Waals surface area contributed by atoms with Gasteiger partial charge in [-0.2, -0.15) is 8.78 Å². The molecule has 6 nitrogen and oxygen atoms in total. The van der Waals surface area contributed by atoms with E-state index in [2.05, 4.69) is 14.7 Å². The summed E-state index contributed by atoms with van der Waals surface area (Å²) in [6, 6.07) is 8.33. The Kier molecular flexibility index (Phi) is 7.31. The molecule has 0 aliphatic heterocycles. The molecule has 1 heterocycles. The predicted octanol–water partition coefficient (Wildman–Crippen LogP) is 4.40. The zero-order valence-electron chi connectivity index (χ0n) is 17.5. The minimum Gasteiger partial charge on any atom is -0.406 e. The summed E-state index contributed by atoms with van der Waals surface area (Å²) in [4.78, 5) is 7.19. The first kappa shape index (κ1) is 25.9. The highest BCUT2D eigenvalue weighted by atomic mass is 19.4. The van der Waals surface area contributed by atoms with Gasteiger partial charge in [0.2, 0.25) is 0 Å². The van der Waals surface area contributed by atoms with Gasteiger partial charge in [0.15, 0.2) is 5.60 Å². The molecular formula is C22H17F7N4O2. The summed E-state index contributed by atoms with van der Waals surface area (Å²) >= 11 is 0. The number of rotatable bonds is 8. The van der Waals surface area contributed by atoms with Crippen molar-refractivity contribution in [3.63, 3.8) is 0 Å². The fourth-order valence-corrected chi connectivity index (χ4v) is 3.22. The van der Waals surface area contributed by atoms with E-state index in [1.807, 2.05) is 5.43 Å². The zero-order valence-corrected chi connectivity index (χ0v) is 17.5. The normalized spacial score (nSPS) is 14.1. The van der Waals surface area contributed by atoms with Crippen molar-refractivity contribution in [3.05, 3.63) is 83.7 Å². The van der Waals surface area contributed by atoms with Crippen LogP contribution in [0.3, 0.4) is 0 Å². The van der Waals surface area contributed by atoms with Gasteiger partial charge < -0.3 is 15.3 Å². The van der Waals surface area contributed by atoms with Gasteiger partial charge in [0.25, 0.3) is 0 Å². The fraction of sp³-hybridized carbons (Fsp3) is 0.182. The molecule has 186 valence electrons. The number of nitrogens with one attached hydrogen (secondary N) is 1. The molecule has 35 heavy (non-hydrogen) atoms. The molecule has 0 radical (unpaired) electrons. The first-order valence-electron chi connectivity index (χ1n) is 9.70. The maximum absolute atomic E-state index is 15.5. The first-order valence-corrected chi connectivity index (χ1v) is 9.70. The molecule has 1 atom stereocenters. The van der Waals surface area contributed by atoms with Crippen molar-refractivity contribution >= 4 is 6.34 Å². The van der Waals surface area contributed by atoms with Gasteiger partial charge in [-0.3, -0.25) is 9.98 Å². The molecule has 0 amide bonds. The van der Waals surface area contributed by atoms with Gasteiger partial charge in [-0.25, -0.2) is 14.6 Å². The van der Waals surface area contributed by atoms with Gasteiger partial charge in [-0.1, -0.05) is 18.2 Å². The summed E-state index contributed by atoms with van der Waals surface area (Å²) in [6.45, 7) is -1.07. The van der Waals surface area contributed by atoms with Crippen molar-refractivity contribution in [1.29, 1.82) is 0 Å². The van der Waals surface area contributed by atoms with Gasteiger partial charge in [-0.15, -0.1) is 13.2 Å². The average molecular weight is 502 g/mol. The minimum atomic E-state index is -4.87. The van der Waals surface area contributed by atoms with Crippen LogP contribution in [-0.4, -0.2) is 29.3 Å². The van der Waals surface area contributed by atoms with Crippen LogP contribution in [0.4, 0.5) is 30.7 Å². The number of aliphatic imine (C=N–C) groups is 1. The third-order valence-corrected chi connectivity index (χ3v) is 4.89. The maximum Gasteiger partial charge on any atom is 0.573 e. The van der Waals surface area contributed by atoms with E-state index in [1.165, 1.54) is 18.2 Å². The van der Waals surface area contributed by atoms with E-state index in [1.54, 1.807) is 0 Å². The van der Waals surface area contributed by atoms with E-state index in [9.17, 15) is 27.1 Å². The molecule has 4 N–H and O–H groups in total. The first-order chi connectivity index (χ1) is 16.4. The van der Waals surface area contributed by atoms with Gasteiger partial charge in [0.1, 0.15) is 23.1 Å². The fourth-order valence-electron chi connectivity index (χ4n) is 3.22. The molecule has 0 saturated carbocycles. The van der Waals surface area contributed by atoms with Crippen molar-refractivity contribution in [3.8, 4) is 16.9 Å². The van der Waals surface area contributed by atoms with Crippen LogP contribution in [0.25, 0.3) is 11.1 Å². The highest BCUT2D eigenvalue weighted by Gasteiger charge is 2.57. The van der Waals surface area contributed by atoms with Crippen molar-refractivity contribution in [1.82, 2.24) is 10.4 Å². The summed E-state index contributed by atoms with van der Waals surface area (Å²) in [5, 5.41) is 10.9. The van der Waals surface area contributed by atoms with Crippen LogP contribution in [0.15, 0.2) is 65.8 Å². The SMILES string of the molecule is NNC=NCC(O)(c1ccc(F)cc1F)C(F)(F)c1ccc(-c2ccc(OC(F)(F)F)cc2)cn1. The Hall–Kier alpha value is -3.71. The zero-order chi connectivity index (χ0) is 25.9. The predicted molar refractivity (Wildman–Crippen MR) is 111 cm³/mol. The van der Waals surface area contributed by atoms with Crippen LogP contribution >= 0.6 is 0 Å². The smallest absolute Gasteiger partial charge is 0.406 e. The van der Waals surface area contributed by atoms with E-state index in [0.717, 1.165) is 30.7 Å². The van der Waals surface area contributed by atoms with Crippen LogP contribution in [-0.2, 0) is 11.5 Å². The second-order valence-corrected chi connectivity index (χ2v) is 7.20. The minimum absolute atomic E-state index is 0.255. The molecule has 2 aromatic carbocycles. The number of hydrogen-bond donors (Lipinski definition) is 3. The molecule has 3 aromatic rings. The molecular weight excluding hydrogens is 485 g/mol. The van der Waals surface area contributed by atoms with Gasteiger partial charge in [0.05, 0.1) is 12.9 Å². The number of hydrazine groups is 1. The summed E-state index contributed by atoms with van der Waals surface area (Å²) < 4.78 is 99.4. The van der Waals surface area contributed by atoms with E-state index < -0.39 is 53.1 Å². The van der Waals surface area contributed by atoms with Crippen LogP contribution < -0.4 is 16.0 Å². The lowest BCUT2D eigenvalue weighted by atomic mass is 9.84. The van der Waals surface area contributed by atoms with Crippen LogP contribution in [0, 0.1) is 11.6 Å². The maximum atomic E-state index is 15.5. The summed E-state index contributed by atoms with van der Waals surface area (Å²) in [5.74, 6) is -2.17. The Balaban J connectivity index is 1.96. The van der Waals surface area contributed by atoms with Crippen molar-refractivity contribution in [2.75, 3.05) is 6.54 Å². The molecule has 1 unspecified atom stereocenters. The Morgan fingerprint density at radius 2 is 1.63 bits per heavy atom. The van der Waals surface area contributed by atoms with Crippen LogP contribution in [0.5, 0.6) is 5.75 Å². The van der Waals surface area contributed by atoms with Gasteiger partial charge in [-0.05, 0) is 35.9 Å². The van der Waals surface area contributed by atoms with Crippen molar-refractivity contribution in [2.24, 2.45) is 10.8 Å². The Morgan fingerprint density at radius 3 is 2.17 bits per heavy atom. The van der Waals surface area contributed by atoms with Crippen LogP contribution in [0.1, 0.15) is 11.3 Å². The largest absolute Gasteiger partial charge is 0.573 e. The lowest BCUT2D eigenvalue weighted by Gasteiger charge is -2.35.